The Morgan fingerprint density at radius 2 is 2.00 bits per heavy atom. The molecule has 0 spiro atoms. The monoisotopic (exact) mass is 257 g/mol. The van der Waals surface area contributed by atoms with Gasteiger partial charge in [-0.3, -0.25) is 0 Å². The van der Waals surface area contributed by atoms with Crippen LogP contribution in [-0.2, 0) is 0 Å². The molecule has 2 aromatic carbocycles. The van der Waals surface area contributed by atoms with Gasteiger partial charge in [0.2, 0.25) is 0 Å². The van der Waals surface area contributed by atoms with E-state index in [2.05, 4.69) is 47.7 Å². The maximum absolute atomic E-state index is 8.62. The van der Waals surface area contributed by atoms with Crippen molar-refractivity contribution in [3.05, 3.63) is 42.5 Å². The summed E-state index contributed by atoms with van der Waals surface area (Å²) in [7, 11) is 0. The van der Waals surface area contributed by atoms with Gasteiger partial charge in [0.1, 0.15) is 5.84 Å². The predicted octanol–water partition coefficient (Wildman–Crippen LogP) is 3.17. The number of nitrogens with zero attached hydrogens (tertiary/aromatic N) is 1. The zero-order valence-corrected chi connectivity index (χ0v) is 11.0. The van der Waals surface area contributed by atoms with Gasteiger partial charge in [-0.05, 0) is 29.3 Å². The molecule has 0 aliphatic carbocycles. The largest absolute Gasteiger partial charge is 0.409 e. The van der Waals surface area contributed by atoms with E-state index in [1.54, 1.807) is 0 Å². The van der Waals surface area contributed by atoms with E-state index in [9.17, 15) is 0 Å². The van der Waals surface area contributed by atoms with Crippen molar-refractivity contribution in [2.24, 2.45) is 10.9 Å². The lowest BCUT2D eigenvalue weighted by Crippen LogP contribution is -2.26. The van der Waals surface area contributed by atoms with Gasteiger partial charge >= 0.3 is 0 Å². The normalized spacial score (nSPS) is 13.4. The third-order valence-corrected chi connectivity index (χ3v) is 3.20. The van der Waals surface area contributed by atoms with E-state index in [1.807, 2.05) is 12.1 Å². The van der Waals surface area contributed by atoms with Crippen molar-refractivity contribution in [1.29, 1.82) is 0 Å². The molecule has 0 radical (unpaired) electrons. The van der Waals surface area contributed by atoms with Gasteiger partial charge in [-0.25, -0.2) is 0 Å². The molecule has 0 bridgehead atoms. The summed E-state index contributed by atoms with van der Waals surface area (Å²) in [6, 6.07) is 14.7. The van der Waals surface area contributed by atoms with E-state index < -0.39 is 0 Å². The Bertz CT molecular complexity index is 580. The smallest absolute Gasteiger partial charge is 0.141 e. The molecule has 1 unspecified atom stereocenters. The van der Waals surface area contributed by atoms with Crippen molar-refractivity contribution in [3.63, 3.8) is 0 Å². The van der Waals surface area contributed by atoms with E-state index in [1.165, 1.54) is 10.8 Å². The number of anilines is 1. The second-order valence-corrected chi connectivity index (χ2v) is 4.61. The van der Waals surface area contributed by atoms with Crippen LogP contribution in [0.25, 0.3) is 10.8 Å². The highest BCUT2D eigenvalue weighted by Gasteiger charge is 2.09. The second-order valence-electron chi connectivity index (χ2n) is 4.61. The van der Waals surface area contributed by atoms with E-state index in [0.717, 1.165) is 12.1 Å². The van der Waals surface area contributed by atoms with Gasteiger partial charge in [0, 0.05) is 18.2 Å². The standard InChI is InChI=1S/C15H19N3O/c1-2-13(10-15(16)18-19)17-14-8-7-11-5-3-4-6-12(11)9-14/h3-9,13,17,19H,2,10H2,1H3,(H2,16,18). The molecule has 0 saturated carbocycles. The highest BCUT2D eigenvalue weighted by atomic mass is 16.4. The first kappa shape index (κ1) is 13.2. The lowest BCUT2D eigenvalue weighted by atomic mass is 10.1. The molecule has 4 N–H and O–H groups in total. The van der Waals surface area contributed by atoms with Crippen LogP contribution in [0.1, 0.15) is 19.8 Å². The van der Waals surface area contributed by atoms with E-state index >= 15 is 0 Å². The molecule has 0 aliphatic heterocycles. The van der Waals surface area contributed by atoms with Crippen LogP contribution in [0, 0.1) is 0 Å². The van der Waals surface area contributed by atoms with Gasteiger partial charge in [-0.2, -0.15) is 0 Å². The number of fused-ring (bicyclic) bond motifs is 1. The molecule has 2 aromatic rings. The van der Waals surface area contributed by atoms with Crippen molar-refractivity contribution in [2.75, 3.05) is 5.32 Å². The topological polar surface area (TPSA) is 70.6 Å². The van der Waals surface area contributed by atoms with E-state index in [0.29, 0.717) is 6.42 Å². The van der Waals surface area contributed by atoms with Gasteiger partial charge in [0.25, 0.3) is 0 Å². The maximum Gasteiger partial charge on any atom is 0.141 e. The Balaban J connectivity index is 2.15. The number of oxime groups is 1. The summed E-state index contributed by atoms with van der Waals surface area (Å²) in [5, 5.41) is 17.5. The molecule has 0 aliphatic rings. The molecule has 4 heteroatoms. The van der Waals surface area contributed by atoms with Gasteiger partial charge in [0.05, 0.1) is 0 Å². The van der Waals surface area contributed by atoms with E-state index in [4.69, 9.17) is 10.9 Å². The highest BCUT2D eigenvalue weighted by Crippen LogP contribution is 2.20. The van der Waals surface area contributed by atoms with Crippen LogP contribution in [0.4, 0.5) is 5.69 Å². The molecule has 0 amide bonds. The van der Waals surface area contributed by atoms with Crippen molar-refractivity contribution >= 4 is 22.3 Å². The summed E-state index contributed by atoms with van der Waals surface area (Å²) in [5.74, 6) is 0.250. The number of benzene rings is 2. The minimum atomic E-state index is 0.164. The Kier molecular flexibility index (Phi) is 4.23. The molecule has 1 atom stereocenters. The van der Waals surface area contributed by atoms with Crippen LogP contribution in [-0.4, -0.2) is 17.1 Å². The third kappa shape index (κ3) is 3.37. The lowest BCUT2D eigenvalue weighted by molar-refractivity contribution is 0.316. The number of nitrogens with two attached hydrogens (primary N) is 1. The Hall–Kier alpha value is -2.23. The average Bonchev–Trinajstić information content (AvgIpc) is 2.46. The van der Waals surface area contributed by atoms with Gasteiger partial charge < -0.3 is 16.3 Å². The molecule has 4 nitrogen and oxygen atoms in total. The summed E-state index contributed by atoms with van der Waals surface area (Å²) in [6.45, 7) is 2.07. The SMILES string of the molecule is CCC(CC(N)=NO)Nc1ccc2ccccc2c1. The first-order valence-electron chi connectivity index (χ1n) is 6.44. The van der Waals surface area contributed by atoms with Crippen molar-refractivity contribution in [2.45, 2.75) is 25.8 Å². The van der Waals surface area contributed by atoms with Crippen LogP contribution in [0.5, 0.6) is 0 Å². The average molecular weight is 257 g/mol. The van der Waals surface area contributed by atoms with Crippen molar-refractivity contribution < 1.29 is 5.21 Å². The molecule has 100 valence electrons. The summed E-state index contributed by atoms with van der Waals surface area (Å²) >= 11 is 0. The molecule has 0 aromatic heterocycles. The van der Waals surface area contributed by atoms with Crippen molar-refractivity contribution in [3.8, 4) is 0 Å². The highest BCUT2D eigenvalue weighted by molar-refractivity contribution is 5.86. The summed E-state index contributed by atoms with van der Waals surface area (Å²) in [5.41, 5.74) is 6.61. The summed E-state index contributed by atoms with van der Waals surface area (Å²) < 4.78 is 0. The fourth-order valence-corrected chi connectivity index (χ4v) is 2.11. The van der Waals surface area contributed by atoms with E-state index in [-0.39, 0.29) is 11.9 Å². The molecule has 0 saturated heterocycles. The summed E-state index contributed by atoms with van der Waals surface area (Å²) in [6.07, 6.45) is 1.43. The molecule has 19 heavy (non-hydrogen) atoms. The quantitative estimate of drug-likeness (QED) is 0.333. The minimum absolute atomic E-state index is 0.164. The van der Waals surface area contributed by atoms with Gasteiger partial charge in [0.15, 0.2) is 0 Å². The molecular weight excluding hydrogens is 238 g/mol. The fraction of sp³-hybridized carbons (Fsp3) is 0.267. The van der Waals surface area contributed by atoms with Crippen LogP contribution < -0.4 is 11.1 Å². The molecule has 0 heterocycles. The zero-order valence-electron chi connectivity index (χ0n) is 11.0. The first-order chi connectivity index (χ1) is 9.22. The van der Waals surface area contributed by atoms with Crippen molar-refractivity contribution in [1.82, 2.24) is 0 Å². The summed E-state index contributed by atoms with van der Waals surface area (Å²) in [4.78, 5) is 0. The number of nitrogens with one attached hydrogen (secondary N) is 1. The number of hydrogen-bond donors (Lipinski definition) is 3. The molecule has 2 rings (SSSR count). The third-order valence-electron chi connectivity index (χ3n) is 3.20. The van der Waals surface area contributed by atoms with Crippen LogP contribution in [0.3, 0.4) is 0 Å². The minimum Gasteiger partial charge on any atom is -0.409 e. The Labute approximate surface area is 112 Å². The number of amidine groups is 1. The van der Waals surface area contributed by atoms with Crippen LogP contribution >= 0.6 is 0 Å². The number of hydrogen-bond acceptors (Lipinski definition) is 3. The Morgan fingerprint density at radius 3 is 2.68 bits per heavy atom. The predicted molar refractivity (Wildman–Crippen MR) is 79.7 cm³/mol. The molecular formula is C15H19N3O. The fourth-order valence-electron chi connectivity index (χ4n) is 2.11. The maximum atomic E-state index is 8.62. The van der Waals surface area contributed by atoms with Gasteiger partial charge in [-0.1, -0.05) is 42.4 Å². The molecule has 0 fully saturated rings. The van der Waals surface area contributed by atoms with Crippen LogP contribution in [0.2, 0.25) is 0 Å². The zero-order chi connectivity index (χ0) is 13.7. The lowest BCUT2D eigenvalue weighted by Gasteiger charge is -2.17. The Morgan fingerprint density at radius 1 is 1.26 bits per heavy atom. The van der Waals surface area contributed by atoms with Gasteiger partial charge in [-0.15, -0.1) is 0 Å². The first-order valence-corrected chi connectivity index (χ1v) is 6.44. The van der Waals surface area contributed by atoms with Crippen LogP contribution in [0.15, 0.2) is 47.6 Å². The number of rotatable bonds is 5. The second kappa shape index (κ2) is 6.09.